The first-order valence-electron chi connectivity index (χ1n) is 5.41. The monoisotopic (exact) mass is 301 g/mol. The highest BCUT2D eigenvalue weighted by Gasteiger charge is 2.27. The van der Waals surface area contributed by atoms with Crippen molar-refractivity contribution in [3.05, 3.63) is 11.8 Å². The van der Waals surface area contributed by atoms with Crippen molar-refractivity contribution in [3.8, 4) is 0 Å². The number of sulfonamides is 1. The Morgan fingerprint density at radius 1 is 1.55 bits per heavy atom. The quantitative estimate of drug-likeness (QED) is 0.663. The van der Waals surface area contributed by atoms with Gasteiger partial charge in [0.2, 0.25) is 0 Å². The number of rotatable bonds is 5. The molecule has 0 radical (unpaired) electrons. The maximum atomic E-state index is 12.1. The normalized spacial score (nSPS) is 11.3. The van der Waals surface area contributed by atoms with Gasteiger partial charge in [-0.15, -0.1) is 5.10 Å². The Morgan fingerprint density at radius 2 is 2.30 bits per heavy atom. The van der Waals surface area contributed by atoms with Gasteiger partial charge in [0.05, 0.1) is 19.9 Å². The fourth-order valence-electron chi connectivity index (χ4n) is 1.33. The van der Waals surface area contributed by atoms with Gasteiger partial charge in [0.1, 0.15) is 5.56 Å². The molecule has 0 aliphatic carbocycles. The Labute approximate surface area is 113 Å². The van der Waals surface area contributed by atoms with Crippen LogP contribution in [-0.2, 0) is 21.8 Å². The fourth-order valence-corrected chi connectivity index (χ4v) is 2.35. The maximum absolute atomic E-state index is 12.1. The van der Waals surface area contributed by atoms with E-state index in [1.165, 1.54) is 7.05 Å². The van der Waals surface area contributed by atoms with Crippen molar-refractivity contribution in [3.63, 3.8) is 0 Å². The van der Waals surface area contributed by atoms with Crippen LogP contribution in [0.5, 0.6) is 0 Å². The molecule has 2 N–H and O–H groups in total. The lowest BCUT2D eigenvalue weighted by Crippen LogP contribution is -2.18. The second-order valence-corrected chi connectivity index (χ2v) is 5.16. The number of anilines is 1. The van der Waals surface area contributed by atoms with Crippen LogP contribution in [0.15, 0.2) is 11.2 Å². The van der Waals surface area contributed by atoms with E-state index in [-0.39, 0.29) is 18.1 Å². The summed E-state index contributed by atoms with van der Waals surface area (Å²) in [6.45, 7) is 1.72. The van der Waals surface area contributed by atoms with E-state index < -0.39 is 21.0 Å². The molecular formula is C8H11N7O4S. The summed E-state index contributed by atoms with van der Waals surface area (Å²) in [6.07, 6.45) is 1.07. The Hall–Kier alpha value is -2.50. The van der Waals surface area contributed by atoms with Crippen LogP contribution in [0, 0.1) is 0 Å². The van der Waals surface area contributed by atoms with Crippen molar-refractivity contribution < 1.29 is 17.9 Å². The zero-order valence-electron chi connectivity index (χ0n) is 10.6. The van der Waals surface area contributed by atoms with E-state index in [0.717, 1.165) is 11.0 Å². The topological polar surface area (TPSA) is 145 Å². The molecule has 0 spiro atoms. The number of ether oxygens (including phenoxy) is 1. The zero-order valence-corrected chi connectivity index (χ0v) is 11.4. The summed E-state index contributed by atoms with van der Waals surface area (Å²) in [7, 11) is -2.62. The number of hydrogen-bond donors (Lipinski definition) is 2. The third kappa shape index (κ3) is 2.74. The molecule has 20 heavy (non-hydrogen) atoms. The van der Waals surface area contributed by atoms with E-state index in [0.29, 0.717) is 0 Å². The third-order valence-electron chi connectivity index (χ3n) is 2.10. The average molecular weight is 301 g/mol. The fraction of sp³-hybridized carbons (Fsp3) is 0.375. The SMILES string of the molecule is CCOC(=O)c1cn[nH]c1S(=O)(=O)Nc1nnn(C)n1. The first kappa shape index (κ1) is 13.9. The van der Waals surface area contributed by atoms with Crippen LogP contribution in [0.4, 0.5) is 5.95 Å². The number of aryl methyl sites for hydroxylation is 1. The third-order valence-corrected chi connectivity index (χ3v) is 3.40. The second kappa shape index (κ2) is 5.24. The molecule has 0 aliphatic heterocycles. The molecule has 0 fully saturated rings. The number of aromatic nitrogens is 6. The summed E-state index contributed by atoms with van der Waals surface area (Å²) < 4.78 is 31.0. The highest BCUT2D eigenvalue weighted by molar-refractivity contribution is 7.92. The first-order chi connectivity index (χ1) is 9.44. The number of nitrogens with one attached hydrogen (secondary N) is 2. The summed E-state index contributed by atoms with van der Waals surface area (Å²) in [6, 6.07) is 0. The Balaban J connectivity index is 2.30. The number of nitrogens with zero attached hydrogens (tertiary/aromatic N) is 5. The zero-order chi connectivity index (χ0) is 14.8. The lowest BCUT2D eigenvalue weighted by molar-refractivity contribution is 0.0522. The highest BCUT2D eigenvalue weighted by Crippen LogP contribution is 2.15. The molecule has 2 aromatic heterocycles. The standard InChI is InChI=1S/C8H11N7O4S/c1-3-19-7(16)5-4-9-10-6(5)20(17,18)13-8-11-14-15(2)12-8/h4H,3H2,1-2H3,(H,9,10)(H,12,13). The Morgan fingerprint density at radius 3 is 2.90 bits per heavy atom. The molecule has 0 bridgehead atoms. The van der Waals surface area contributed by atoms with Gasteiger partial charge in [-0.1, -0.05) is 5.10 Å². The van der Waals surface area contributed by atoms with Crippen molar-refractivity contribution in [2.24, 2.45) is 7.05 Å². The van der Waals surface area contributed by atoms with Gasteiger partial charge in [0.15, 0.2) is 5.03 Å². The molecule has 0 atom stereocenters. The molecule has 11 nitrogen and oxygen atoms in total. The van der Waals surface area contributed by atoms with E-state index in [4.69, 9.17) is 4.74 Å². The van der Waals surface area contributed by atoms with Gasteiger partial charge in [0, 0.05) is 0 Å². The van der Waals surface area contributed by atoms with Crippen molar-refractivity contribution in [1.29, 1.82) is 0 Å². The number of carbonyl (C=O) groups is 1. The number of H-pyrrole nitrogens is 1. The molecule has 0 amide bonds. The van der Waals surface area contributed by atoms with Crippen molar-refractivity contribution >= 4 is 21.9 Å². The van der Waals surface area contributed by atoms with Gasteiger partial charge in [0.25, 0.3) is 16.0 Å². The number of carbonyl (C=O) groups excluding carboxylic acids is 1. The minimum atomic E-state index is -4.10. The maximum Gasteiger partial charge on any atom is 0.342 e. The predicted octanol–water partition coefficient (Wildman–Crippen LogP) is -1.09. The number of esters is 1. The van der Waals surface area contributed by atoms with Gasteiger partial charge in [-0.3, -0.25) is 5.10 Å². The van der Waals surface area contributed by atoms with Crippen molar-refractivity contribution in [2.45, 2.75) is 11.9 Å². The molecule has 108 valence electrons. The molecule has 0 aliphatic rings. The average Bonchev–Trinajstić information content (AvgIpc) is 2.98. The van der Waals surface area contributed by atoms with E-state index in [1.807, 2.05) is 0 Å². The van der Waals surface area contributed by atoms with Gasteiger partial charge in [-0.2, -0.15) is 18.3 Å². The summed E-state index contributed by atoms with van der Waals surface area (Å²) in [5, 5.41) is 16.0. The minimum Gasteiger partial charge on any atom is -0.462 e. The Kier molecular flexibility index (Phi) is 3.65. The summed E-state index contributed by atoms with van der Waals surface area (Å²) >= 11 is 0. The predicted molar refractivity (Wildman–Crippen MR) is 64.2 cm³/mol. The van der Waals surface area contributed by atoms with Crippen LogP contribution < -0.4 is 4.72 Å². The van der Waals surface area contributed by atoms with Crippen molar-refractivity contribution in [1.82, 2.24) is 30.4 Å². The van der Waals surface area contributed by atoms with Crippen LogP contribution in [0.3, 0.4) is 0 Å². The summed E-state index contributed by atoms with van der Waals surface area (Å²) in [5.74, 6) is -1.02. The van der Waals surface area contributed by atoms with E-state index in [9.17, 15) is 13.2 Å². The molecule has 0 aromatic carbocycles. The smallest absolute Gasteiger partial charge is 0.342 e. The van der Waals surface area contributed by atoms with Gasteiger partial charge in [-0.25, -0.2) is 9.52 Å². The van der Waals surface area contributed by atoms with E-state index >= 15 is 0 Å². The second-order valence-electron chi connectivity index (χ2n) is 3.54. The molecule has 2 rings (SSSR count). The Bertz CT molecular complexity index is 719. The van der Waals surface area contributed by atoms with Gasteiger partial charge >= 0.3 is 5.97 Å². The molecular weight excluding hydrogens is 290 g/mol. The van der Waals surface area contributed by atoms with E-state index in [1.54, 1.807) is 6.92 Å². The van der Waals surface area contributed by atoms with Crippen LogP contribution in [0.1, 0.15) is 17.3 Å². The number of tetrazole rings is 1. The molecule has 2 aromatic rings. The summed E-state index contributed by atoms with van der Waals surface area (Å²) in [5.41, 5.74) is -0.205. The minimum absolute atomic E-state index is 0.114. The summed E-state index contributed by atoms with van der Waals surface area (Å²) in [4.78, 5) is 12.7. The van der Waals surface area contributed by atoms with Crippen LogP contribution in [0.2, 0.25) is 0 Å². The van der Waals surface area contributed by atoms with Crippen LogP contribution >= 0.6 is 0 Å². The van der Waals surface area contributed by atoms with Gasteiger partial charge in [-0.05, 0) is 12.1 Å². The number of hydrogen-bond acceptors (Lipinski definition) is 8. The van der Waals surface area contributed by atoms with E-state index in [2.05, 4.69) is 30.3 Å². The molecule has 0 saturated carbocycles. The molecule has 12 heteroatoms. The lowest BCUT2D eigenvalue weighted by Gasteiger charge is -2.04. The highest BCUT2D eigenvalue weighted by atomic mass is 32.2. The molecule has 0 saturated heterocycles. The largest absolute Gasteiger partial charge is 0.462 e. The number of aromatic amines is 1. The van der Waals surface area contributed by atoms with Crippen LogP contribution in [-0.4, -0.2) is 51.4 Å². The molecule has 0 unspecified atom stereocenters. The lowest BCUT2D eigenvalue weighted by atomic mass is 10.4. The van der Waals surface area contributed by atoms with Crippen LogP contribution in [0.25, 0.3) is 0 Å². The van der Waals surface area contributed by atoms with Gasteiger partial charge < -0.3 is 4.74 Å². The molecule has 2 heterocycles. The first-order valence-corrected chi connectivity index (χ1v) is 6.89. The van der Waals surface area contributed by atoms with Crippen molar-refractivity contribution in [2.75, 3.05) is 11.3 Å².